The summed E-state index contributed by atoms with van der Waals surface area (Å²) < 4.78 is 5.00. The molecule has 0 atom stereocenters. The molecule has 1 aliphatic rings. The summed E-state index contributed by atoms with van der Waals surface area (Å²) in [5, 5.41) is 0.478. The molecule has 1 aliphatic heterocycles. The van der Waals surface area contributed by atoms with Crippen molar-refractivity contribution >= 4 is 23.3 Å². The maximum atomic E-state index is 10.4. The Morgan fingerprint density at radius 1 is 1.82 bits per heavy atom. The smallest absolute Gasteiger partial charge is 0.259 e. The summed E-state index contributed by atoms with van der Waals surface area (Å²) in [6, 6.07) is 0. The number of rotatable bonds is 3. The van der Waals surface area contributed by atoms with E-state index in [9.17, 15) is 4.79 Å². The molecule has 1 amide bonds. The van der Waals surface area contributed by atoms with E-state index in [0.29, 0.717) is 24.7 Å². The number of hydrogen-bond donors (Lipinski definition) is 1. The van der Waals surface area contributed by atoms with Gasteiger partial charge in [-0.25, -0.2) is 0 Å². The van der Waals surface area contributed by atoms with Crippen LogP contribution in [0.15, 0.2) is 0 Å². The summed E-state index contributed by atoms with van der Waals surface area (Å²) in [5.74, 6) is -0.306. The maximum absolute atomic E-state index is 10.4. The van der Waals surface area contributed by atoms with Crippen molar-refractivity contribution in [3.8, 4) is 0 Å². The lowest BCUT2D eigenvalue weighted by Gasteiger charge is -2.12. The Balaban J connectivity index is 2.26. The molecule has 0 aromatic heterocycles. The first-order valence-corrected chi connectivity index (χ1v) is 3.81. The van der Waals surface area contributed by atoms with Gasteiger partial charge < -0.3 is 15.4 Å². The van der Waals surface area contributed by atoms with Crippen LogP contribution in [0.3, 0.4) is 0 Å². The van der Waals surface area contributed by atoms with E-state index < -0.39 is 0 Å². The highest BCUT2D eigenvalue weighted by molar-refractivity contribution is 7.80. The summed E-state index contributed by atoms with van der Waals surface area (Å²) in [7, 11) is 0. The van der Waals surface area contributed by atoms with Gasteiger partial charge >= 0.3 is 0 Å². The molecule has 1 fully saturated rings. The molecule has 0 radical (unpaired) electrons. The minimum atomic E-state index is -0.306. The van der Waals surface area contributed by atoms with Gasteiger partial charge in [-0.05, 0) is 12.2 Å². The van der Waals surface area contributed by atoms with Gasteiger partial charge in [-0.2, -0.15) is 0 Å². The monoisotopic (exact) mass is 174 g/mol. The van der Waals surface area contributed by atoms with E-state index in [2.05, 4.69) is 0 Å². The average molecular weight is 174 g/mol. The summed E-state index contributed by atoms with van der Waals surface area (Å²) >= 11 is 4.84. The number of nitrogens with zero attached hydrogens (tertiary/aromatic N) is 1. The molecule has 0 aliphatic carbocycles. The number of thiocarbonyl (C=S) groups is 1. The Morgan fingerprint density at radius 2 is 2.55 bits per heavy atom. The highest BCUT2D eigenvalue weighted by Gasteiger charge is 2.17. The van der Waals surface area contributed by atoms with E-state index in [1.165, 1.54) is 0 Å². The molecule has 11 heavy (non-hydrogen) atoms. The van der Waals surface area contributed by atoms with Crippen LogP contribution in [-0.4, -0.2) is 35.7 Å². The fourth-order valence-corrected chi connectivity index (χ4v) is 1.14. The SMILES string of the molecule is NC(=O)CCN1CCOC1=S. The van der Waals surface area contributed by atoms with E-state index >= 15 is 0 Å². The normalized spacial score (nSPS) is 16.7. The first kappa shape index (κ1) is 8.26. The van der Waals surface area contributed by atoms with E-state index in [-0.39, 0.29) is 5.91 Å². The molecule has 0 saturated carbocycles. The van der Waals surface area contributed by atoms with Gasteiger partial charge in [0, 0.05) is 13.0 Å². The maximum Gasteiger partial charge on any atom is 0.259 e. The van der Waals surface area contributed by atoms with Crippen LogP contribution >= 0.6 is 12.2 Å². The lowest BCUT2D eigenvalue weighted by atomic mass is 10.4. The van der Waals surface area contributed by atoms with E-state index in [1.54, 1.807) is 0 Å². The second kappa shape index (κ2) is 3.52. The number of ether oxygens (including phenoxy) is 1. The van der Waals surface area contributed by atoms with E-state index in [0.717, 1.165) is 6.54 Å². The number of carbonyl (C=O) groups is 1. The Labute approximate surface area is 70.3 Å². The molecular formula is C6H10N2O2S. The Kier molecular flexibility index (Phi) is 2.64. The van der Waals surface area contributed by atoms with Gasteiger partial charge in [-0.1, -0.05) is 0 Å². The van der Waals surface area contributed by atoms with Crippen molar-refractivity contribution in [3.05, 3.63) is 0 Å². The van der Waals surface area contributed by atoms with Crippen molar-refractivity contribution in [2.75, 3.05) is 19.7 Å². The molecule has 62 valence electrons. The number of carbonyl (C=O) groups excluding carboxylic acids is 1. The van der Waals surface area contributed by atoms with Crippen LogP contribution < -0.4 is 5.73 Å². The van der Waals surface area contributed by atoms with E-state index in [1.807, 2.05) is 4.90 Å². The van der Waals surface area contributed by atoms with Crippen LogP contribution in [0.5, 0.6) is 0 Å². The third-order valence-corrected chi connectivity index (χ3v) is 1.85. The molecule has 2 N–H and O–H groups in total. The Morgan fingerprint density at radius 3 is 3.00 bits per heavy atom. The number of amides is 1. The number of primary amides is 1. The second-order valence-electron chi connectivity index (χ2n) is 2.32. The van der Waals surface area contributed by atoms with Crippen molar-refractivity contribution in [1.82, 2.24) is 4.90 Å². The van der Waals surface area contributed by atoms with Crippen LogP contribution in [0.4, 0.5) is 0 Å². The van der Waals surface area contributed by atoms with Crippen molar-refractivity contribution in [3.63, 3.8) is 0 Å². The summed E-state index contributed by atoms with van der Waals surface area (Å²) in [6.07, 6.45) is 0.337. The standard InChI is InChI=1S/C6H10N2O2S/c7-5(9)1-2-8-3-4-10-6(8)11/h1-4H2,(H2,7,9). The summed E-state index contributed by atoms with van der Waals surface area (Å²) in [6.45, 7) is 1.97. The molecule has 0 unspecified atom stereocenters. The second-order valence-corrected chi connectivity index (χ2v) is 2.67. The van der Waals surface area contributed by atoms with Gasteiger partial charge in [0.05, 0.1) is 6.54 Å². The molecule has 0 spiro atoms. The fraction of sp³-hybridized carbons (Fsp3) is 0.667. The first-order valence-electron chi connectivity index (χ1n) is 3.40. The molecule has 0 bridgehead atoms. The van der Waals surface area contributed by atoms with Gasteiger partial charge in [-0.3, -0.25) is 4.79 Å². The first-order chi connectivity index (χ1) is 5.20. The van der Waals surface area contributed by atoms with E-state index in [4.69, 9.17) is 22.7 Å². The molecule has 1 rings (SSSR count). The topological polar surface area (TPSA) is 55.6 Å². The minimum Gasteiger partial charge on any atom is -0.469 e. The van der Waals surface area contributed by atoms with Crippen molar-refractivity contribution in [2.24, 2.45) is 5.73 Å². The zero-order valence-electron chi connectivity index (χ0n) is 6.08. The zero-order valence-corrected chi connectivity index (χ0v) is 6.89. The van der Waals surface area contributed by atoms with Crippen molar-refractivity contribution < 1.29 is 9.53 Å². The van der Waals surface area contributed by atoms with Gasteiger partial charge in [0.2, 0.25) is 5.91 Å². The largest absolute Gasteiger partial charge is 0.469 e. The minimum absolute atomic E-state index is 0.306. The fourth-order valence-electron chi connectivity index (χ4n) is 0.874. The molecule has 5 heteroatoms. The molecule has 1 saturated heterocycles. The van der Waals surface area contributed by atoms with Gasteiger partial charge in [0.25, 0.3) is 5.17 Å². The highest BCUT2D eigenvalue weighted by Crippen LogP contribution is 2.03. The molecule has 1 heterocycles. The third kappa shape index (κ3) is 2.34. The molecule has 0 aromatic carbocycles. The van der Waals surface area contributed by atoms with Gasteiger partial charge in [-0.15, -0.1) is 0 Å². The molecule has 4 nitrogen and oxygen atoms in total. The Bertz CT molecular complexity index is 183. The lowest BCUT2D eigenvalue weighted by molar-refractivity contribution is -0.118. The zero-order chi connectivity index (χ0) is 8.27. The van der Waals surface area contributed by atoms with Gasteiger partial charge in [0.15, 0.2) is 0 Å². The van der Waals surface area contributed by atoms with Crippen LogP contribution in [0, 0.1) is 0 Å². The average Bonchev–Trinajstić information content (AvgIpc) is 2.31. The summed E-state index contributed by atoms with van der Waals surface area (Å²) in [5.41, 5.74) is 4.97. The quantitative estimate of drug-likeness (QED) is 0.585. The van der Waals surface area contributed by atoms with Crippen LogP contribution in [0.1, 0.15) is 6.42 Å². The van der Waals surface area contributed by atoms with Crippen LogP contribution in [-0.2, 0) is 9.53 Å². The number of nitrogens with two attached hydrogens (primary N) is 1. The third-order valence-electron chi connectivity index (χ3n) is 1.47. The molecule has 0 aromatic rings. The van der Waals surface area contributed by atoms with Crippen LogP contribution in [0.2, 0.25) is 0 Å². The van der Waals surface area contributed by atoms with Crippen molar-refractivity contribution in [1.29, 1.82) is 0 Å². The van der Waals surface area contributed by atoms with Crippen molar-refractivity contribution in [2.45, 2.75) is 6.42 Å². The van der Waals surface area contributed by atoms with Crippen LogP contribution in [0.25, 0.3) is 0 Å². The van der Waals surface area contributed by atoms with Gasteiger partial charge in [0.1, 0.15) is 6.61 Å². The molecular weight excluding hydrogens is 164 g/mol. The number of hydrogen-bond acceptors (Lipinski definition) is 3. The Hall–Kier alpha value is -0.840. The predicted molar refractivity (Wildman–Crippen MR) is 43.9 cm³/mol. The highest BCUT2D eigenvalue weighted by atomic mass is 32.1. The summed E-state index contributed by atoms with van der Waals surface area (Å²) in [4.78, 5) is 12.2. The lowest BCUT2D eigenvalue weighted by Crippen LogP contribution is -2.28. The predicted octanol–water partition coefficient (Wildman–Crippen LogP) is -0.521.